The number of likely N-dealkylation sites (N-methyl/N-ethyl adjacent to an activating group) is 2. The predicted molar refractivity (Wildman–Crippen MR) is 82.3 cm³/mol. The molecule has 0 radical (unpaired) electrons. The Hall–Kier alpha value is -0.120. The van der Waals surface area contributed by atoms with Crippen LogP contribution in [0.5, 0.6) is 0 Å². The van der Waals surface area contributed by atoms with Crippen LogP contribution in [0, 0.1) is 5.92 Å². The lowest BCUT2D eigenvalue weighted by Gasteiger charge is -2.41. The molecule has 3 heteroatoms. The first-order valence-electron chi connectivity index (χ1n) is 8.31. The lowest BCUT2D eigenvalue weighted by molar-refractivity contribution is 0.0862. The van der Waals surface area contributed by atoms with E-state index in [0.29, 0.717) is 6.04 Å². The van der Waals surface area contributed by atoms with Crippen molar-refractivity contribution in [3.63, 3.8) is 0 Å². The average Bonchev–Trinajstić information content (AvgIpc) is 2.45. The number of hydrogen-bond donors (Lipinski definition) is 1. The number of piperidine rings is 1. The van der Waals surface area contributed by atoms with Crippen molar-refractivity contribution < 1.29 is 0 Å². The summed E-state index contributed by atoms with van der Waals surface area (Å²) in [6.45, 7) is 3.31. The van der Waals surface area contributed by atoms with Gasteiger partial charge < -0.3 is 10.6 Å². The molecule has 0 amide bonds. The predicted octanol–water partition coefficient (Wildman–Crippen LogP) is 2.31. The molecule has 19 heavy (non-hydrogen) atoms. The van der Waals surface area contributed by atoms with E-state index in [4.69, 9.17) is 5.73 Å². The van der Waals surface area contributed by atoms with Gasteiger partial charge in [-0.15, -0.1) is 0 Å². The first kappa shape index (κ1) is 15.3. The molecule has 1 heterocycles. The maximum atomic E-state index is 6.08. The monoisotopic (exact) mass is 267 g/mol. The normalized spacial score (nSPS) is 28.7. The van der Waals surface area contributed by atoms with Crippen LogP contribution in [0.2, 0.25) is 0 Å². The zero-order valence-corrected chi connectivity index (χ0v) is 13.0. The Morgan fingerprint density at radius 1 is 1.16 bits per heavy atom. The molecular weight excluding hydrogens is 234 g/mol. The van der Waals surface area contributed by atoms with Gasteiger partial charge in [-0.1, -0.05) is 32.1 Å². The minimum absolute atomic E-state index is 0.597. The quantitative estimate of drug-likeness (QED) is 0.829. The molecule has 2 atom stereocenters. The number of rotatable bonds is 5. The van der Waals surface area contributed by atoms with E-state index >= 15 is 0 Å². The third kappa shape index (κ3) is 4.44. The Morgan fingerprint density at radius 2 is 1.89 bits per heavy atom. The van der Waals surface area contributed by atoms with Crippen LogP contribution < -0.4 is 5.73 Å². The Balaban J connectivity index is 1.84. The zero-order valence-electron chi connectivity index (χ0n) is 13.0. The van der Waals surface area contributed by atoms with E-state index in [0.717, 1.165) is 18.5 Å². The smallest absolute Gasteiger partial charge is 0.0223 e. The van der Waals surface area contributed by atoms with Crippen molar-refractivity contribution in [2.45, 2.75) is 63.5 Å². The summed E-state index contributed by atoms with van der Waals surface area (Å²) in [6.07, 6.45) is 11.2. The van der Waals surface area contributed by atoms with Gasteiger partial charge in [-0.05, 0) is 45.8 Å². The van der Waals surface area contributed by atoms with Gasteiger partial charge in [0.25, 0.3) is 0 Å². The van der Waals surface area contributed by atoms with Crippen molar-refractivity contribution in [2.24, 2.45) is 11.7 Å². The molecule has 0 aromatic heterocycles. The molecule has 2 N–H and O–H groups in total. The fourth-order valence-electron chi connectivity index (χ4n) is 4.01. The van der Waals surface area contributed by atoms with Crippen LogP contribution in [0.25, 0.3) is 0 Å². The molecule has 0 aromatic rings. The summed E-state index contributed by atoms with van der Waals surface area (Å²) in [5.74, 6) is 0.936. The molecule has 0 aromatic carbocycles. The molecule has 1 aliphatic carbocycles. The third-order valence-electron chi connectivity index (χ3n) is 5.35. The van der Waals surface area contributed by atoms with Gasteiger partial charge in [-0.2, -0.15) is 0 Å². The lowest BCUT2D eigenvalue weighted by atomic mass is 9.84. The molecule has 0 bridgehead atoms. The van der Waals surface area contributed by atoms with Crippen LogP contribution in [0.3, 0.4) is 0 Å². The second kappa shape index (κ2) is 7.61. The molecule has 1 saturated heterocycles. The topological polar surface area (TPSA) is 32.5 Å². The lowest BCUT2D eigenvalue weighted by Crippen LogP contribution is -2.51. The Kier molecular flexibility index (Phi) is 6.11. The fourth-order valence-corrected chi connectivity index (χ4v) is 4.01. The number of hydrogen-bond acceptors (Lipinski definition) is 3. The Morgan fingerprint density at radius 3 is 2.53 bits per heavy atom. The summed E-state index contributed by atoms with van der Waals surface area (Å²) in [5, 5.41) is 0. The summed E-state index contributed by atoms with van der Waals surface area (Å²) in [6, 6.07) is 1.32. The van der Waals surface area contributed by atoms with Gasteiger partial charge in [-0.3, -0.25) is 4.90 Å². The van der Waals surface area contributed by atoms with E-state index in [1.54, 1.807) is 0 Å². The second-order valence-corrected chi connectivity index (χ2v) is 6.85. The maximum absolute atomic E-state index is 6.08. The molecule has 2 fully saturated rings. The number of nitrogens with zero attached hydrogens (tertiary/aromatic N) is 2. The minimum atomic E-state index is 0.597. The second-order valence-electron chi connectivity index (χ2n) is 6.85. The van der Waals surface area contributed by atoms with Gasteiger partial charge >= 0.3 is 0 Å². The summed E-state index contributed by atoms with van der Waals surface area (Å²) in [4.78, 5) is 5.07. The fraction of sp³-hybridized carbons (Fsp3) is 1.00. The molecule has 3 nitrogen and oxygen atoms in total. The Bertz CT molecular complexity index is 250. The van der Waals surface area contributed by atoms with Crippen LogP contribution >= 0.6 is 0 Å². The largest absolute Gasteiger partial charge is 0.329 e. The third-order valence-corrected chi connectivity index (χ3v) is 5.35. The Labute approximate surface area is 119 Å². The molecular formula is C16H33N3. The van der Waals surface area contributed by atoms with E-state index in [1.165, 1.54) is 64.5 Å². The summed E-state index contributed by atoms with van der Waals surface area (Å²) < 4.78 is 0. The molecule has 2 unspecified atom stereocenters. The highest BCUT2D eigenvalue weighted by Gasteiger charge is 2.27. The van der Waals surface area contributed by atoms with Gasteiger partial charge in [0, 0.05) is 25.2 Å². The highest BCUT2D eigenvalue weighted by Crippen LogP contribution is 2.29. The van der Waals surface area contributed by atoms with Gasteiger partial charge in [0.1, 0.15) is 0 Å². The summed E-state index contributed by atoms with van der Waals surface area (Å²) in [7, 11) is 4.56. The summed E-state index contributed by atoms with van der Waals surface area (Å²) >= 11 is 0. The highest BCUT2D eigenvalue weighted by molar-refractivity contribution is 4.84. The van der Waals surface area contributed by atoms with Gasteiger partial charge in [-0.25, -0.2) is 0 Å². The number of likely N-dealkylation sites (tertiary alicyclic amines) is 1. The van der Waals surface area contributed by atoms with Crippen molar-refractivity contribution >= 4 is 0 Å². The van der Waals surface area contributed by atoms with E-state index in [-0.39, 0.29) is 0 Å². The van der Waals surface area contributed by atoms with Crippen LogP contribution in [0.1, 0.15) is 51.4 Å². The molecule has 1 aliphatic heterocycles. The van der Waals surface area contributed by atoms with E-state index in [9.17, 15) is 0 Å². The van der Waals surface area contributed by atoms with E-state index in [2.05, 4.69) is 23.9 Å². The first-order valence-corrected chi connectivity index (χ1v) is 8.31. The molecule has 2 aliphatic rings. The van der Waals surface area contributed by atoms with Crippen LogP contribution in [0.4, 0.5) is 0 Å². The minimum Gasteiger partial charge on any atom is -0.329 e. The molecule has 2 rings (SSSR count). The van der Waals surface area contributed by atoms with Crippen LogP contribution in [-0.4, -0.2) is 55.6 Å². The van der Waals surface area contributed by atoms with Crippen molar-refractivity contribution in [1.29, 1.82) is 0 Å². The standard InChI is InChI=1S/C16H33N3/c1-18-10-6-9-15(13-18)19(2)16(12-17)11-14-7-4-3-5-8-14/h14-16H,3-13,17H2,1-2H3. The van der Waals surface area contributed by atoms with Crippen molar-refractivity contribution in [2.75, 3.05) is 33.7 Å². The number of nitrogens with two attached hydrogens (primary N) is 1. The van der Waals surface area contributed by atoms with Crippen LogP contribution in [-0.2, 0) is 0 Å². The summed E-state index contributed by atoms with van der Waals surface area (Å²) in [5.41, 5.74) is 6.08. The molecule has 0 spiro atoms. The van der Waals surface area contributed by atoms with Crippen molar-refractivity contribution in [3.8, 4) is 0 Å². The molecule has 1 saturated carbocycles. The van der Waals surface area contributed by atoms with Crippen molar-refractivity contribution in [3.05, 3.63) is 0 Å². The van der Waals surface area contributed by atoms with Gasteiger partial charge in [0.05, 0.1) is 0 Å². The maximum Gasteiger partial charge on any atom is 0.0223 e. The van der Waals surface area contributed by atoms with Gasteiger partial charge in [0.2, 0.25) is 0 Å². The van der Waals surface area contributed by atoms with Gasteiger partial charge in [0.15, 0.2) is 0 Å². The van der Waals surface area contributed by atoms with Crippen LogP contribution in [0.15, 0.2) is 0 Å². The first-order chi connectivity index (χ1) is 9.20. The zero-order chi connectivity index (χ0) is 13.7. The van der Waals surface area contributed by atoms with E-state index in [1.807, 2.05) is 0 Å². The molecule has 112 valence electrons. The van der Waals surface area contributed by atoms with E-state index < -0.39 is 0 Å². The average molecular weight is 267 g/mol. The highest BCUT2D eigenvalue weighted by atomic mass is 15.2. The van der Waals surface area contributed by atoms with Crippen molar-refractivity contribution in [1.82, 2.24) is 9.80 Å². The SMILES string of the molecule is CN1CCCC(N(C)C(CN)CC2CCCCC2)C1.